The monoisotopic (exact) mass is 439 g/mol. The van der Waals surface area contributed by atoms with Gasteiger partial charge >= 0.3 is 0 Å². The summed E-state index contributed by atoms with van der Waals surface area (Å²) in [6.45, 7) is 2.63. The minimum Gasteiger partial charge on any atom is -0.454 e. The molecule has 0 radical (unpaired) electrons. The highest BCUT2D eigenvalue weighted by atomic mass is 32.2. The number of rotatable bonds is 6. The van der Waals surface area contributed by atoms with Crippen molar-refractivity contribution in [2.45, 2.75) is 24.4 Å². The van der Waals surface area contributed by atoms with Crippen molar-refractivity contribution in [2.75, 3.05) is 6.79 Å². The fourth-order valence-corrected chi connectivity index (χ4v) is 4.68. The second kappa shape index (κ2) is 8.00. The minimum absolute atomic E-state index is 0.211. The van der Waals surface area contributed by atoms with Crippen LogP contribution in [0.3, 0.4) is 0 Å². The Morgan fingerprint density at radius 3 is 3.00 bits per heavy atom. The second-order valence-corrected chi connectivity index (χ2v) is 8.56. The molecule has 0 atom stereocenters. The highest BCUT2D eigenvalue weighted by Gasteiger charge is 2.15. The number of nitrogens with one attached hydrogen (secondary N) is 1. The van der Waals surface area contributed by atoms with Gasteiger partial charge in [-0.1, -0.05) is 30.0 Å². The van der Waals surface area contributed by atoms with Gasteiger partial charge in [-0.25, -0.2) is 9.97 Å². The first-order valence-corrected chi connectivity index (χ1v) is 11.1. The van der Waals surface area contributed by atoms with E-state index in [-0.39, 0.29) is 12.7 Å². The summed E-state index contributed by atoms with van der Waals surface area (Å²) in [5.74, 6) is 1.80. The predicted molar refractivity (Wildman–Crippen MR) is 114 cm³/mol. The van der Waals surface area contributed by atoms with Gasteiger partial charge in [0, 0.05) is 11.9 Å². The summed E-state index contributed by atoms with van der Waals surface area (Å²) in [5, 5.41) is 6.09. The van der Waals surface area contributed by atoms with Crippen molar-refractivity contribution in [3.8, 4) is 11.5 Å². The molecule has 0 aliphatic carbocycles. The van der Waals surface area contributed by atoms with Gasteiger partial charge in [-0.3, -0.25) is 4.79 Å². The Morgan fingerprint density at radius 2 is 2.10 bits per heavy atom. The largest absolute Gasteiger partial charge is 0.454 e. The number of para-hydroxylation sites is 1. The summed E-state index contributed by atoms with van der Waals surface area (Å²) < 4.78 is 16.4. The summed E-state index contributed by atoms with van der Waals surface area (Å²) in [4.78, 5) is 21.4. The van der Waals surface area contributed by atoms with Crippen molar-refractivity contribution >= 4 is 40.1 Å². The van der Waals surface area contributed by atoms with Gasteiger partial charge in [-0.05, 0) is 36.2 Å². The number of aromatic nitrogens is 2. The van der Waals surface area contributed by atoms with Gasteiger partial charge < -0.3 is 19.2 Å². The highest BCUT2D eigenvalue weighted by molar-refractivity contribution is 7.98. The van der Waals surface area contributed by atoms with E-state index in [0.717, 1.165) is 33.0 Å². The van der Waals surface area contributed by atoms with E-state index >= 15 is 0 Å². The number of hydrogen-bond acceptors (Lipinski definition) is 8. The van der Waals surface area contributed by atoms with Crippen LogP contribution >= 0.6 is 23.1 Å². The first kappa shape index (κ1) is 19.0. The molecule has 7 nitrogen and oxygen atoms in total. The molecule has 30 heavy (non-hydrogen) atoms. The van der Waals surface area contributed by atoms with Crippen molar-refractivity contribution in [2.24, 2.45) is 0 Å². The number of hydrogen-bond donors (Lipinski definition) is 1. The summed E-state index contributed by atoms with van der Waals surface area (Å²) in [5.41, 5.74) is 4.08. The number of thiazole rings is 1. The minimum atomic E-state index is -0.211. The number of carbonyl (C=O) groups is 1. The first-order valence-electron chi connectivity index (χ1n) is 9.26. The third-order valence-corrected chi connectivity index (χ3v) is 6.47. The maximum Gasteiger partial charge on any atom is 0.271 e. The van der Waals surface area contributed by atoms with Crippen LogP contribution in [0.5, 0.6) is 11.5 Å². The molecule has 0 fully saturated rings. The standard InChI is InChI=1S/C21H17N3O4S2/c1-12-3-2-4-16-19(12)24-21(28-16)30-10-18-23-14(9-29-18)20(25)22-8-13-5-6-15-17(7-13)27-11-26-15/h2-7,9H,8,10-11H2,1H3,(H,22,25). The van der Waals surface area contributed by atoms with Crippen LogP contribution in [-0.4, -0.2) is 22.7 Å². The zero-order valence-corrected chi connectivity index (χ0v) is 17.6. The van der Waals surface area contributed by atoms with Crippen molar-refractivity contribution in [1.82, 2.24) is 15.3 Å². The van der Waals surface area contributed by atoms with Crippen molar-refractivity contribution < 1.29 is 18.7 Å². The number of thioether (sulfide) groups is 1. The summed E-state index contributed by atoms with van der Waals surface area (Å²) in [6, 6.07) is 11.5. The molecule has 1 aliphatic heterocycles. The van der Waals surface area contributed by atoms with E-state index in [1.54, 1.807) is 5.38 Å². The number of aryl methyl sites for hydroxylation is 1. The number of fused-ring (bicyclic) bond motifs is 2. The van der Waals surface area contributed by atoms with E-state index in [1.807, 2.05) is 43.3 Å². The SMILES string of the molecule is Cc1cccc2oc(SCc3nc(C(=O)NCc4ccc5c(c4)OCO5)cs3)nc12. The first-order chi connectivity index (χ1) is 14.7. The molecular weight excluding hydrogens is 422 g/mol. The van der Waals surface area contributed by atoms with E-state index in [2.05, 4.69) is 15.3 Å². The highest BCUT2D eigenvalue weighted by Crippen LogP contribution is 2.32. The van der Waals surface area contributed by atoms with Crippen LogP contribution in [0.1, 0.15) is 26.6 Å². The molecule has 0 unspecified atom stereocenters. The van der Waals surface area contributed by atoms with Crippen LogP contribution in [0.25, 0.3) is 11.1 Å². The topological polar surface area (TPSA) is 86.5 Å². The van der Waals surface area contributed by atoms with Gasteiger partial charge in [-0.15, -0.1) is 11.3 Å². The summed E-state index contributed by atoms with van der Waals surface area (Å²) >= 11 is 2.91. The Labute approximate surface area is 180 Å². The predicted octanol–water partition coefficient (Wildman–Crippen LogP) is 4.54. The van der Waals surface area contributed by atoms with Crippen LogP contribution in [0.15, 0.2) is 51.4 Å². The van der Waals surface area contributed by atoms with Gasteiger partial charge in [0.05, 0.1) is 5.75 Å². The molecule has 1 amide bonds. The number of nitrogens with zero attached hydrogens (tertiary/aromatic N) is 2. The molecule has 2 aromatic heterocycles. The van der Waals surface area contributed by atoms with Crippen molar-refractivity contribution in [3.05, 3.63) is 63.6 Å². The molecule has 1 aliphatic rings. The van der Waals surface area contributed by atoms with Gasteiger partial charge in [0.1, 0.15) is 16.2 Å². The number of amides is 1. The van der Waals surface area contributed by atoms with E-state index in [0.29, 0.717) is 29.0 Å². The Kier molecular flexibility index (Phi) is 5.06. The summed E-state index contributed by atoms with van der Waals surface area (Å²) in [7, 11) is 0. The van der Waals surface area contributed by atoms with Crippen LogP contribution in [0.4, 0.5) is 0 Å². The molecule has 0 spiro atoms. The quantitative estimate of drug-likeness (QED) is 0.441. The van der Waals surface area contributed by atoms with Crippen LogP contribution in [0, 0.1) is 6.92 Å². The zero-order valence-electron chi connectivity index (χ0n) is 16.0. The average Bonchev–Trinajstić information content (AvgIpc) is 3.49. The number of ether oxygens (including phenoxy) is 2. The number of benzene rings is 2. The molecular formula is C21H17N3O4S2. The molecule has 3 heterocycles. The van der Waals surface area contributed by atoms with Crippen molar-refractivity contribution in [1.29, 1.82) is 0 Å². The zero-order chi connectivity index (χ0) is 20.5. The molecule has 0 saturated carbocycles. The Morgan fingerprint density at radius 1 is 1.20 bits per heavy atom. The van der Waals surface area contributed by atoms with Gasteiger partial charge in [0.25, 0.3) is 11.1 Å². The normalized spacial score (nSPS) is 12.4. The molecule has 2 aromatic carbocycles. The molecule has 0 saturated heterocycles. The van der Waals surface area contributed by atoms with Gasteiger partial charge in [0.2, 0.25) is 6.79 Å². The lowest BCUT2D eigenvalue weighted by molar-refractivity contribution is 0.0946. The lowest BCUT2D eigenvalue weighted by atomic mass is 10.2. The lowest BCUT2D eigenvalue weighted by Gasteiger charge is -2.04. The fourth-order valence-electron chi connectivity index (χ4n) is 3.06. The van der Waals surface area contributed by atoms with Gasteiger partial charge in [0.15, 0.2) is 17.1 Å². The molecule has 0 bridgehead atoms. The summed E-state index contributed by atoms with van der Waals surface area (Å²) in [6.07, 6.45) is 0. The fraction of sp³-hybridized carbons (Fsp3) is 0.190. The van der Waals surface area contributed by atoms with Crippen LogP contribution < -0.4 is 14.8 Å². The van der Waals surface area contributed by atoms with Crippen molar-refractivity contribution in [3.63, 3.8) is 0 Å². The van der Waals surface area contributed by atoms with Gasteiger partial charge in [-0.2, -0.15) is 0 Å². The van der Waals surface area contributed by atoms with E-state index in [4.69, 9.17) is 13.9 Å². The number of oxazole rings is 1. The maximum atomic E-state index is 12.4. The second-order valence-electron chi connectivity index (χ2n) is 6.69. The Balaban J connectivity index is 1.18. The molecule has 1 N–H and O–H groups in total. The van der Waals surface area contributed by atoms with Crippen LogP contribution in [-0.2, 0) is 12.3 Å². The smallest absolute Gasteiger partial charge is 0.271 e. The Bertz CT molecular complexity index is 1230. The maximum absolute atomic E-state index is 12.4. The molecule has 4 aromatic rings. The third kappa shape index (κ3) is 3.86. The molecule has 152 valence electrons. The molecule has 5 rings (SSSR count). The third-order valence-electron chi connectivity index (χ3n) is 4.59. The van der Waals surface area contributed by atoms with E-state index in [9.17, 15) is 4.79 Å². The lowest BCUT2D eigenvalue weighted by Crippen LogP contribution is -2.23. The Hall–Kier alpha value is -3.04. The average molecular weight is 440 g/mol. The van der Waals surface area contributed by atoms with Crippen LogP contribution in [0.2, 0.25) is 0 Å². The molecule has 9 heteroatoms. The van der Waals surface area contributed by atoms with E-state index in [1.165, 1.54) is 23.1 Å². The number of carbonyl (C=O) groups excluding carboxylic acids is 1. The van der Waals surface area contributed by atoms with E-state index < -0.39 is 0 Å².